The van der Waals surface area contributed by atoms with Gasteiger partial charge in [0.2, 0.25) is 10.0 Å². The van der Waals surface area contributed by atoms with E-state index in [-0.39, 0.29) is 27.2 Å². The molecule has 6 nitrogen and oxygen atoms in total. The van der Waals surface area contributed by atoms with Crippen LogP contribution in [0.2, 0.25) is 5.02 Å². The third-order valence-corrected chi connectivity index (χ3v) is 6.99. The van der Waals surface area contributed by atoms with Crippen molar-refractivity contribution in [3.8, 4) is 0 Å². The van der Waals surface area contributed by atoms with Gasteiger partial charge in [0.1, 0.15) is 10.7 Å². The Morgan fingerprint density at radius 2 is 1.64 bits per heavy atom. The molecule has 2 aromatic carbocycles. The lowest BCUT2D eigenvalue weighted by Gasteiger charge is -2.36. The van der Waals surface area contributed by atoms with Crippen molar-refractivity contribution in [2.75, 3.05) is 45.2 Å². The van der Waals surface area contributed by atoms with Crippen molar-refractivity contribution < 1.29 is 17.6 Å². The van der Waals surface area contributed by atoms with Crippen molar-refractivity contribution in [1.82, 2.24) is 9.21 Å². The Hall–Kier alpha value is -2.16. The maximum absolute atomic E-state index is 13.1. The molecule has 0 bridgehead atoms. The van der Waals surface area contributed by atoms with E-state index in [1.807, 2.05) is 0 Å². The first kappa shape index (κ1) is 20.6. The van der Waals surface area contributed by atoms with Crippen LogP contribution in [-0.4, -0.2) is 63.8 Å². The minimum Gasteiger partial charge on any atom is -0.368 e. The van der Waals surface area contributed by atoms with E-state index in [9.17, 15) is 17.6 Å². The number of halogens is 2. The summed E-state index contributed by atoms with van der Waals surface area (Å²) >= 11 is 6.05. The number of rotatable bonds is 4. The standard InChI is InChI=1S/C19H21ClFN3O3S/c1-22(2)28(26,27)18-13-14(3-8-17(18)20)19(25)24-11-9-23(10-12-24)16-6-4-15(21)5-7-16/h3-8,13H,9-12H2,1-2H3. The molecule has 0 aliphatic carbocycles. The first-order chi connectivity index (χ1) is 13.2. The van der Waals surface area contributed by atoms with E-state index in [2.05, 4.69) is 4.90 Å². The minimum absolute atomic E-state index is 0.0754. The fraction of sp³-hybridized carbons (Fsp3) is 0.316. The molecule has 1 fully saturated rings. The fourth-order valence-electron chi connectivity index (χ4n) is 3.03. The Balaban J connectivity index is 1.74. The van der Waals surface area contributed by atoms with Crippen molar-refractivity contribution in [3.63, 3.8) is 0 Å². The maximum Gasteiger partial charge on any atom is 0.254 e. The Morgan fingerprint density at radius 3 is 2.21 bits per heavy atom. The first-order valence-corrected chi connectivity index (χ1v) is 10.5. The number of nitrogens with zero attached hydrogens (tertiary/aromatic N) is 3. The first-order valence-electron chi connectivity index (χ1n) is 8.72. The summed E-state index contributed by atoms with van der Waals surface area (Å²) in [6.45, 7) is 2.17. The number of amides is 1. The molecular formula is C19H21ClFN3O3S. The number of piperazine rings is 1. The molecule has 9 heteroatoms. The second-order valence-electron chi connectivity index (χ2n) is 6.69. The lowest BCUT2D eigenvalue weighted by Crippen LogP contribution is -2.48. The average Bonchev–Trinajstić information content (AvgIpc) is 2.68. The van der Waals surface area contributed by atoms with Gasteiger partial charge in [-0.25, -0.2) is 17.1 Å². The number of sulfonamides is 1. The van der Waals surface area contributed by atoms with Crippen LogP contribution in [0.15, 0.2) is 47.4 Å². The summed E-state index contributed by atoms with van der Waals surface area (Å²) in [5.41, 5.74) is 1.18. The highest BCUT2D eigenvalue weighted by atomic mass is 35.5. The monoisotopic (exact) mass is 425 g/mol. The van der Waals surface area contributed by atoms with Gasteiger partial charge in [-0.15, -0.1) is 0 Å². The van der Waals surface area contributed by atoms with Crippen molar-refractivity contribution >= 4 is 33.2 Å². The van der Waals surface area contributed by atoms with E-state index in [0.717, 1.165) is 9.99 Å². The summed E-state index contributed by atoms with van der Waals surface area (Å²) in [7, 11) is -0.928. The Kier molecular flexibility index (Phi) is 5.92. The fourth-order valence-corrected chi connectivity index (χ4v) is 4.43. The third kappa shape index (κ3) is 4.14. The van der Waals surface area contributed by atoms with Crippen LogP contribution < -0.4 is 4.90 Å². The van der Waals surface area contributed by atoms with Gasteiger partial charge in [0.25, 0.3) is 5.91 Å². The number of carbonyl (C=O) groups excluding carboxylic acids is 1. The predicted molar refractivity (Wildman–Crippen MR) is 107 cm³/mol. The molecule has 0 radical (unpaired) electrons. The molecule has 2 aromatic rings. The van der Waals surface area contributed by atoms with Crippen LogP contribution in [0.4, 0.5) is 10.1 Å². The summed E-state index contributed by atoms with van der Waals surface area (Å²) in [5.74, 6) is -0.533. The van der Waals surface area contributed by atoms with Gasteiger partial charge in [0.05, 0.1) is 5.02 Å². The van der Waals surface area contributed by atoms with Crippen LogP contribution in [0.5, 0.6) is 0 Å². The number of benzene rings is 2. The van der Waals surface area contributed by atoms with Crippen molar-refractivity contribution in [2.45, 2.75) is 4.90 Å². The van der Waals surface area contributed by atoms with Crippen LogP contribution >= 0.6 is 11.6 Å². The van der Waals surface area contributed by atoms with Gasteiger partial charge in [0, 0.05) is 51.5 Å². The number of carbonyl (C=O) groups is 1. The minimum atomic E-state index is -3.75. The van der Waals surface area contributed by atoms with Gasteiger partial charge in [-0.3, -0.25) is 4.79 Å². The van der Waals surface area contributed by atoms with Crippen LogP contribution in [-0.2, 0) is 10.0 Å². The molecule has 1 aliphatic heterocycles. The molecule has 150 valence electrons. The molecule has 1 heterocycles. The Bertz CT molecular complexity index is 972. The van der Waals surface area contributed by atoms with E-state index in [4.69, 9.17) is 11.6 Å². The average molecular weight is 426 g/mol. The van der Waals surface area contributed by atoms with Crippen molar-refractivity contribution in [1.29, 1.82) is 0 Å². The number of hydrogen-bond acceptors (Lipinski definition) is 4. The summed E-state index contributed by atoms with van der Waals surface area (Å²) < 4.78 is 39.0. The third-order valence-electron chi connectivity index (χ3n) is 4.70. The van der Waals surface area contributed by atoms with Crippen molar-refractivity contribution in [3.05, 3.63) is 58.9 Å². The lowest BCUT2D eigenvalue weighted by atomic mass is 10.1. The zero-order valence-electron chi connectivity index (χ0n) is 15.6. The maximum atomic E-state index is 13.1. The lowest BCUT2D eigenvalue weighted by molar-refractivity contribution is 0.0746. The molecule has 1 aliphatic rings. The van der Waals surface area contributed by atoms with Gasteiger partial charge < -0.3 is 9.80 Å². The number of hydrogen-bond donors (Lipinski definition) is 0. The van der Waals surface area contributed by atoms with Gasteiger partial charge in [-0.2, -0.15) is 0 Å². The smallest absolute Gasteiger partial charge is 0.254 e. The molecule has 0 N–H and O–H groups in total. The molecule has 0 aromatic heterocycles. The van der Waals surface area contributed by atoms with E-state index in [1.54, 1.807) is 17.0 Å². The van der Waals surface area contributed by atoms with E-state index < -0.39 is 10.0 Å². The Labute approximate surface area is 169 Å². The van der Waals surface area contributed by atoms with E-state index in [0.29, 0.717) is 26.2 Å². The summed E-state index contributed by atoms with van der Waals surface area (Å²) in [6.07, 6.45) is 0. The highest BCUT2D eigenvalue weighted by Gasteiger charge is 2.26. The molecule has 1 amide bonds. The van der Waals surface area contributed by atoms with Gasteiger partial charge >= 0.3 is 0 Å². The molecule has 0 spiro atoms. The molecule has 0 saturated carbocycles. The topological polar surface area (TPSA) is 60.9 Å². The normalized spacial score (nSPS) is 15.2. The summed E-state index contributed by atoms with van der Waals surface area (Å²) in [6, 6.07) is 10.5. The number of anilines is 1. The van der Waals surface area contributed by atoms with Gasteiger partial charge in [-0.1, -0.05) is 11.6 Å². The zero-order valence-corrected chi connectivity index (χ0v) is 17.2. The second-order valence-corrected chi connectivity index (χ2v) is 9.22. The molecule has 0 atom stereocenters. The van der Waals surface area contributed by atoms with Crippen LogP contribution in [0.3, 0.4) is 0 Å². The molecule has 1 saturated heterocycles. The van der Waals surface area contributed by atoms with E-state index >= 15 is 0 Å². The quantitative estimate of drug-likeness (QED) is 0.755. The SMILES string of the molecule is CN(C)S(=O)(=O)c1cc(C(=O)N2CCN(c3ccc(F)cc3)CC2)ccc1Cl. The van der Waals surface area contributed by atoms with Crippen LogP contribution in [0.1, 0.15) is 10.4 Å². The van der Waals surface area contributed by atoms with Crippen LogP contribution in [0.25, 0.3) is 0 Å². The predicted octanol–water partition coefficient (Wildman–Crippen LogP) is 2.69. The van der Waals surface area contributed by atoms with Crippen LogP contribution in [0, 0.1) is 5.82 Å². The molecule has 3 rings (SSSR count). The molecule has 28 heavy (non-hydrogen) atoms. The highest BCUT2D eigenvalue weighted by Crippen LogP contribution is 2.26. The van der Waals surface area contributed by atoms with Gasteiger partial charge in [0.15, 0.2) is 0 Å². The molecular weight excluding hydrogens is 405 g/mol. The summed E-state index contributed by atoms with van der Waals surface area (Å²) in [5, 5.41) is 0.0754. The summed E-state index contributed by atoms with van der Waals surface area (Å²) in [4.78, 5) is 16.5. The largest absolute Gasteiger partial charge is 0.368 e. The zero-order chi connectivity index (χ0) is 20.5. The highest BCUT2D eigenvalue weighted by molar-refractivity contribution is 7.89. The Morgan fingerprint density at radius 1 is 1.04 bits per heavy atom. The van der Waals surface area contributed by atoms with E-state index in [1.165, 1.54) is 44.4 Å². The second kappa shape index (κ2) is 8.06. The van der Waals surface area contributed by atoms with Gasteiger partial charge in [-0.05, 0) is 42.5 Å². The van der Waals surface area contributed by atoms with Crippen molar-refractivity contribution in [2.24, 2.45) is 0 Å². The molecule has 0 unspecified atom stereocenters.